The lowest BCUT2D eigenvalue weighted by atomic mass is 9.95. The van der Waals surface area contributed by atoms with Gasteiger partial charge >= 0.3 is 5.97 Å². The number of esters is 1. The van der Waals surface area contributed by atoms with E-state index in [1.165, 1.54) is 29.7 Å². The highest BCUT2D eigenvalue weighted by Crippen LogP contribution is 2.38. The monoisotopic (exact) mass is 487 g/mol. The third-order valence-corrected chi connectivity index (χ3v) is 6.51. The van der Waals surface area contributed by atoms with Crippen LogP contribution in [0.2, 0.25) is 5.02 Å². The molecule has 0 radical (unpaired) electrons. The molecule has 2 heterocycles. The highest BCUT2D eigenvalue weighted by atomic mass is 35.5. The summed E-state index contributed by atoms with van der Waals surface area (Å²) in [6.07, 6.45) is 6.38. The first-order chi connectivity index (χ1) is 15.9. The molecular weight excluding hydrogens is 469 g/mol. The van der Waals surface area contributed by atoms with Gasteiger partial charge in [-0.2, -0.15) is 0 Å². The molecule has 0 unspecified atom stereocenters. The van der Waals surface area contributed by atoms with Gasteiger partial charge in [-0.1, -0.05) is 11.6 Å². The van der Waals surface area contributed by atoms with E-state index in [0.29, 0.717) is 17.0 Å². The number of carbonyl (C=O) groups is 3. The smallest absolute Gasteiger partial charge is 0.341 e. The van der Waals surface area contributed by atoms with Crippen LogP contribution in [0.3, 0.4) is 0 Å². The molecule has 0 saturated heterocycles. The Hall–Kier alpha value is -3.30. The lowest BCUT2D eigenvalue weighted by Gasteiger charge is -2.13. The van der Waals surface area contributed by atoms with Crippen molar-refractivity contribution in [2.24, 2.45) is 0 Å². The van der Waals surface area contributed by atoms with Gasteiger partial charge in [0.1, 0.15) is 10.8 Å². The summed E-state index contributed by atoms with van der Waals surface area (Å²) in [6.45, 7) is -0.620. The number of hydrogen-bond acceptors (Lipinski definition) is 6. The number of halogens is 2. The van der Waals surface area contributed by atoms with E-state index in [0.717, 1.165) is 35.8 Å². The molecule has 2 N–H and O–H groups in total. The van der Waals surface area contributed by atoms with Gasteiger partial charge in [-0.05, 0) is 61.6 Å². The minimum absolute atomic E-state index is 0.110. The summed E-state index contributed by atoms with van der Waals surface area (Å²) in [4.78, 5) is 42.7. The molecule has 33 heavy (non-hydrogen) atoms. The zero-order chi connectivity index (χ0) is 23.4. The number of carbonyl (C=O) groups excluding carboxylic acids is 3. The van der Waals surface area contributed by atoms with E-state index in [1.54, 1.807) is 18.3 Å². The number of thiophene rings is 1. The maximum absolute atomic E-state index is 13.8. The summed E-state index contributed by atoms with van der Waals surface area (Å²) in [5, 5.41) is 5.74. The molecule has 2 aromatic heterocycles. The second kappa shape index (κ2) is 10.1. The summed E-state index contributed by atoms with van der Waals surface area (Å²) in [5.41, 5.74) is 1.33. The van der Waals surface area contributed by atoms with Crippen LogP contribution in [0.5, 0.6) is 0 Å². The minimum Gasteiger partial charge on any atom is -0.452 e. The standard InChI is InChI=1S/C23H19ClFN3O4S/c24-14-7-8-16(25)17(10-14)27-19(29)12-32-23(31)20-15-5-1-2-6-18(15)33-22(20)28-21(30)13-4-3-9-26-11-13/h3-4,7-11H,1-2,5-6,12H2,(H,27,29)(H,28,30). The van der Waals surface area contributed by atoms with Crippen LogP contribution in [0.15, 0.2) is 42.7 Å². The van der Waals surface area contributed by atoms with Crippen LogP contribution < -0.4 is 10.6 Å². The predicted molar refractivity (Wildman–Crippen MR) is 123 cm³/mol. The van der Waals surface area contributed by atoms with E-state index in [4.69, 9.17) is 16.3 Å². The first-order valence-corrected chi connectivity index (χ1v) is 11.4. The largest absolute Gasteiger partial charge is 0.452 e. The quantitative estimate of drug-likeness (QED) is 0.484. The number of aryl methyl sites for hydroxylation is 1. The van der Waals surface area contributed by atoms with Gasteiger partial charge in [0.25, 0.3) is 11.8 Å². The van der Waals surface area contributed by atoms with Gasteiger partial charge in [0.05, 0.1) is 16.8 Å². The van der Waals surface area contributed by atoms with E-state index < -0.39 is 30.2 Å². The molecule has 10 heteroatoms. The van der Waals surface area contributed by atoms with E-state index in [-0.39, 0.29) is 16.3 Å². The van der Waals surface area contributed by atoms with Crippen LogP contribution in [0, 0.1) is 5.82 Å². The second-order valence-corrected chi connectivity index (χ2v) is 8.90. The number of anilines is 2. The molecule has 0 fully saturated rings. The van der Waals surface area contributed by atoms with Crippen molar-refractivity contribution in [3.8, 4) is 0 Å². The van der Waals surface area contributed by atoms with Crippen LogP contribution in [-0.4, -0.2) is 29.4 Å². The Morgan fingerprint density at radius 1 is 1.15 bits per heavy atom. The SMILES string of the molecule is O=C(COC(=O)c1c(NC(=O)c2cccnc2)sc2c1CCCC2)Nc1cc(Cl)ccc1F. The number of benzene rings is 1. The normalized spacial score (nSPS) is 12.5. The average molecular weight is 488 g/mol. The molecule has 0 bridgehead atoms. The van der Waals surface area contributed by atoms with Crippen molar-refractivity contribution in [3.63, 3.8) is 0 Å². The average Bonchev–Trinajstić information content (AvgIpc) is 3.18. The highest BCUT2D eigenvalue weighted by molar-refractivity contribution is 7.17. The molecule has 4 rings (SSSR count). The molecule has 170 valence electrons. The van der Waals surface area contributed by atoms with E-state index in [2.05, 4.69) is 15.6 Å². The fourth-order valence-corrected chi connectivity index (χ4v) is 4.97. The Bertz CT molecular complexity index is 1220. The number of nitrogens with zero attached hydrogens (tertiary/aromatic N) is 1. The molecule has 7 nitrogen and oxygen atoms in total. The Balaban J connectivity index is 1.49. The van der Waals surface area contributed by atoms with Crippen molar-refractivity contribution >= 4 is 51.4 Å². The first-order valence-electron chi connectivity index (χ1n) is 10.2. The van der Waals surface area contributed by atoms with Gasteiger partial charge in [0, 0.05) is 22.3 Å². The second-order valence-electron chi connectivity index (χ2n) is 7.36. The zero-order valence-corrected chi connectivity index (χ0v) is 18.9. The van der Waals surface area contributed by atoms with Gasteiger partial charge in [0.2, 0.25) is 0 Å². The van der Waals surface area contributed by atoms with Crippen molar-refractivity contribution in [1.82, 2.24) is 4.98 Å². The van der Waals surface area contributed by atoms with E-state index >= 15 is 0 Å². The molecule has 0 saturated carbocycles. The Labute approximate surface area is 197 Å². The summed E-state index contributed by atoms with van der Waals surface area (Å²) >= 11 is 7.16. The number of ether oxygens (including phenoxy) is 1. The van der Waals surface area contributed by atoms with Crippen molar-refractivity contribution in [1.29, 1.82) is 0 Å². The minimum atomic E-state index is -0.724. The molecule has 1 aliphatic carbocycles. The molecule has 1 aromatic carbocycles. The number of aromatic nitrogens is 1. The van der Waals surface area contributed by atoms with Crippen LogP contribution in [0.4, 0.5) is 15.1 Å². The number of fused-ring (bicyclic) bond motifs is 1. The van der Waals surface area contributed by atoms with E-state index in [9.17, 15) is 18.8 Å². The summed E-state index contributed by atoms with van der Waals surface area (Å²) in [7, 11) is 0. The van der Waals surface area contributed by atoms with Crippen LogP contribution in [0.25, 0.3) is 0 Å². The zero-order valence-electron chi connectivity index (χ0n) is 17.3. The third kappa shape index (κ3) is 5.37. The van der Waals surface area contributed by atoms with Gasteiger partial charge in [0.15, 0.2) is 6.61 Å². The highest BCUT2D eigenvalue weighted by Gasteiger charge is 2.28. The summed E-state index contributed by atoms with van der Waals surface area (Å²) < 4.78 is 19.1. The number of hydrogen-bond donors (Lipinski definition) is 2. The van der Waals surface area contributed by atoms with E-state index in [1.807, 2.05) is 0 Å². The Morgan fingerprint density at radius 2 is 1.97 bits per heavy atom. The van der Waals surface area contributed by atoms with Crippen molar-refractivity contribution < 1.29 is 23.5 Å². The van der Waals surface area contributed by atoms with Crippen LogP contribution in [-0.2, 0) is 22.4 Å². The van der Waals surface area contributed by atoms with Crippen LogP contribution in [0.1, 0.15) is 44.0 Å². The maximum atomic E-state index is 13.8. The molecular formula is C23H19ClFN3O4S. The van der Waals surface area contributed by atoms with Gasteiger partial charge in [-0.25, -0.2) is 9.18 Å². The number of pyridine rings is 1. The molecule has 3 aromatic rings. The predicted octanol–water partition coefficient (Wildman–Crippen LogP) is 4.86. The third-order valence-electron chi connectivity index (χ3n) is 5.06. The summed E-state index contributed by atoms with van der Waals surface area (Å²) in [5.74, 6) is -2.50. The molecule has 0 spiro atoms. The van der Waals surface area contributed by atoms with Gasteiger partial charge in [-0.15, -0.1) is 11.3 Å². The number of amides is 2. The molecule has 0 atom stereocenters. The van der Waals surface area contributed by atoms with Crippen molar-refractivity contribution in [3.05, 3.63) is 75.1 Å². The molecule has 0 aliphatic heterocycles. The molecule has 1 aliphatic rings. The fourth-order valence-electron chi connectivity index (χ4n) is 3.53. The fraction of sp³-hybridized carbons (Fsp3) is 0.217. The van der Waals surface area contributed by atoms with Crippen molar-refractivity contribution in [2.75, 3.05) is 17.2 Å². The lowest BCUT2D eigenvalue weighted by molar-refractivity contribution is -0.119. The van der Waals surface area contributed by atoms with Crippen LogP contribution >= 0.6 is 22.9 Å². The number of nitrogens with one attached hydrogen (secondary N) is 2. The summed E-state index contributed by atoms with van der Waals surface area (Å²) in [6, 6.07) is 7.00. The Kier molecular flexibility index (Phi) is 7.00. The van der Waals surface area contributed by atoms with Gasteiger partial charge in [-0.3, -0.25) is 14.6 Å². The lowest BCUT2D eigenvalue weighted by Crippen LogP contribution is -2.22. The molecule has 2 amide bonds. The topological polar surface area (TPSA) is 97.4 Å². The van der Waals surface area contributed by atoms with Crippen molar-refractivity contribution in [2.45, 2.75) is 25.7 Å². The Morgan fingerprint density at radius 3 is 2.76 bits per heavy atom. The maximum Gasteiger partial charge on any atom is 0.341 e. The van der Waals surface area contributed by atoms with Gasteiger partial charge < -0.3 is 15.4 Å². The number of rotatable bonds is 6. The first kappa shape index (κ1) is 22.9.